The molecule has 1 amide bonds. The number of morpholine rings is 1. The number of hydrogen-bond donors (Lipinski definition) is 1. The summed E-state index contributed by atoms with van der Waals surface area (Å²) in [4.78, 5) is 42.5. The van der Waals surface area contributed by atoms with E-state index in [1.165, 1.54) is 16.2 Å². The molecule has 29 heavy (non-hydrogen) atoms. The molecule has 2 atom stereocenters. The van der Waals surface area contributed by atoms with Gasteiger partial charge in [0.15, 0.2) is 5.78 Å². The standard InChI is InChI=1S/C22H24N2O4S/c1-15-4-6-16(7-5-15)19-18(20(25)17-3-2-14-29-17)21(26)22(27)24(19)9-8-23-10-12-28-13-11-23/h2-7,14,18-19H,8-13H2,1H3/p+1. The Balaban J connectivity index is 1.64. The maximum absolute atomic E-state index is 13.2. The van der Waals surface area contributed by atoms with Crippen molar-refractivity contribution < 1.29 is 24.0 Å². The summed E-state index contributed by atoms with van der Waals surface area (Å²) in [6, 6.07) is 10.7. The number of hydrogen-bond acceptors (Lipinski definition) is 5. The molecule has 6 nitrogen and oxygen atoms in total. The number of benzene rings is 1. The molecular formula is C22H25N2O4S+. The molecule has 1 N–H and O–H groups in total. The van der Waals surface area contributed by atoms with Crippen molar-refractivity contribution >= 4 is 28.8 Å². The van der Waals surface area contributed by atoms with Crippen LogP contribution >= 0.6 is 11.3 Å². The molecule has 1 aromatic carbocycles. The number of nitrogens with one attached hydrogen (secondary N) is 1. The van der Waals surface area contributed by atoms with Crippen LogP contribution in [0.25, 0.3) is 0 Å². The second-order valence-corrected chi connectivity index (χ2v) is 8.60. The minimum absolute atomic E-state index is 0.259. The number of carbonyl (C=O) groups is 3. The van der Waals surface area contributed by atoms with Gasteiger partial charge in [-0.25, -0.2) is 0 Å². The average molecular weight is 414 g/mol. The van der Waals surface area contributed by atoms with Gasteiger partial charge in [0.25, 0.3) is 5.91 Å². The minimum Gasteiger partial charge on any atom is -0.370 e. The molecule has 0 aliphatic carbocycles. The van der Waals surface area contributed by atoms with Crippen LogP contribution in [0.2, 0.25) is 0 Å². The van der Waals surface area contributed by atoms with E-state index in [-0.39, 0.29) is 5.78 Å². The molecule has 7 heteroatoms. The normalized spacial score (nSPS) is 23.0. The summed E-state index contributed by atoms with van der Waals surface area (Å²) < 4.78 is 5.40. The van der Waals surface area contributed by atoms with Gasteiger partial charge in [-0.05, 0) is 23.9 Å². The summed E-state index contributed by atoms with van der Waals surface area (Å²) in [7, 11) is 0. The number of rotatable bonds is 6. The van der Waals surface area contributed by atoms with E-state index in [1.807, 2.05) is 36.6 Å². The van der Waals surface area contributed by atoms with Gasteiger partial charge in [-0.2, -0.15) is 0 Å². The molecule has 152 valence electrons. The molecule has 2 fully saturated rings. The largest absolute Gasteiger partial charge is 0.370 e. The lowest BCUT2D eigenvalue weighted by Crippen LogP contribution is -3.14. The molecule has 2 unspecified atom stereocenters. The number of thiophene rings is 1. The van der Waals surface area contributed by atoms with Crippen LogP contribution in [0, 0.1) is 12.8 Å². The lowest BCUT2D eigenvalue weighted by atomic mass is 9.88. The lowest BCUT2D eigenvalue weighted by molar-refractivity contribution is -0.907. The zero-order valence-electron chi connectivity index (χ0n) is 16.4. The van der Waals surface area contributed by atoms with Crippen LogP contribution in [-0.4, -0.2) is 61.8 Å². The third-order valence-corrected chi connectivity index (χ3v) is 6.66. The average Bonchev–Trinajstić information content (AvgIpc) is 3.36. The molecule has 0 saturated carbocycles. The first-order valence-electron chi connectivity index (χ1n) is 9.96. The van der Waals surface area contributed by atoms with Gasteiger partial charge in [0.05, 0.1) is 37.2 Å². The molecule has 2 aliphatic heterocycles. The van der Waals surface area contributed by atoms with Crippen molar-refractivity contribution in [2.24, 2.45) is 5.92 Å². The smallest absolute Gasteiger partial charge is 0.291 e. The Morgan fingerprint density at radius 1 is 1.17 bits per heavy atom. The Morgan fingerprint density at radius 2 is 1.90 bits per heavy atom. The zero-order valence-corrected chi connectivity index (χ0v) is 17.2. The molecule has 0 radical (unpaired) electrons. The molecule has 4 rings (SSSR count). The highest BCUT2D eigenvalue weighted by Gasteiger charge is 2.51. The summed E-state index contributed by atoms with van der Waals surface area (Å²) >= 11 is 1.31. The first-order valence-corrected chi connectivity index (χ1v) is 10.8. The number of amides is 1. The second kappa shape index (κ2) is 8.57. The lowest BCUT2D eigenvalue weighted by Gasteiger charge is -2.30. The van der Waals surface area contributed by atoms with Crippen LogP contribution in [0.1, 0.15) is 26.8 Å². The number of likely N-dealkylation sites (tertiary alicyclic amines) is 1. The summed E-state index contributed by atoms with van der Waals surface area (Å²) in [5.74, 6) is -2.38. The van der Waals surface area contributed by atoms with Crippen LogP contribution in [0.4, 0.5) is 0 Å². The quantitative estimate of drug-likeness (QED) is 0.435. The van der Waals surface area contributed by atoms with Gasteiger partial charge in [-0.3, -0.25) is 14.4 Å². The zero-order chi connectivity index (χ0) is 20.4. The van der Waals surface area contributed by atoms with Crippen molar-refractivity contribution in [2.45, 2.75) is 13.0 Å². The van der Waals surface area contributed by atoms with Gasteiger partial charge in [0.1, 0.15) is 19.0 Å². The number of ether oxygens (including phenoxy) is 1. The van der Waals surface area contributed by atoms with Gasteiger partial charge < -0.3 is 14.5 Å². The Hall–Kier alpha value is -2.35. The number of ketones is 2. The van der Waals surface area contributed by atoms with Crippen LogP contribution in [0.15, 0.2) is 41.8 Å². The number of Topliss-reactive ketones (excluding diaryl/α,β-unsaturated/α-hetero) is 2. The van der Waals surface area contributed by atoms with Crippen LogP contribution < -0.4 is 4.90 Å². The number of aryl methyl sites for hydroxylation is 1. The van der Waals surface area contributed by atoms with Crippen molar-refractivity contribution in [2.75, 3.05) is 39.4 Å². The fraction of sp³-hybridized carbons (Fsp3) is 0.409. The number of carbonyl (C=O) groups excluding carboxylic acids is 3. The predicted octanol–water partition coefficient (Wildman–Crippen LogP) is 0.923. The predicted molar refractivity (Wildman–Crippen MR) is 109 cm³/mol. The topological polar surface area (TPSA) is 68.1 Å². The van der Waals surface area contributed by atoms with Gasteiger partial charge in [0, 0.05) is 0 Å². The molecule has 2 aromatic rings. The van der Waals surface area contributed by atoms with Gasteiger partial charge in [-0.15, -0.1) is 11.3 Å². The Bertz CT molecular complexity index is 888. The molecule has 3 heterocycles. The van der Waals surface area contributed by atoms with Gasteiger partial charge >= 0.3 is 0 Å². The van der Waals surface area contributed by atoms with E-state index >= 15 is 0 Å². The summed E-state index contributed by atoms with van der Waals surface area (Å²) in [6.45, 7) is 6.39. The Kier molecular flexibility index (Phi) is 5.89. The molecule has 2 saturated heterocycles. The molecule has 2 aliphatic rings. The van der Waals surface area contributed by atoms with Crippen molar-refractivity contribution in [3.05, 3.63) is 57.8 Å². The van der Waals surface area contributed by atoms with Crippen molar-refractivity contribution in [3.8, 4) is 0 Å². The highest BCUT2D eigenvalue weighted by Crippen LogP contribution is 2.38. The van der Waals surface area contributed by atoms with E-state index in [1.54, 1.807) is 17.0 Å². The van der Waals surface area contributed by atoms with Crippen LogP contribution in [-0.2, 0) is 14.3 Å². The summed E-state index contributed by atoms with van der Waals surface area (Å²) in [5.41, 5.74) is 1.93. The Labute approximate surface area is 174 Å². The van der Waals surface area contributed by atoms with Crippen molar-refractivity contribution in [1.82, 2.24) is 4.90 Å². The van der Waals surface area contributed by atoms with Crippen LogP contribution in [0.5, 0.6) is 0 Å². The van der Waals surface area contributed by atoms with Gasteiger partial charge in [-0.1, -0.05) is 35.9 Å². The third-order valence-electron chi connectivity index (χ3n) is 5.78. The van der Waals surface area contributed by atoms with E-state index in [2.05, 4.69) is 0 Å². The summed E-state index contributed by atoms with van der Waals surface area (Å²) in [6.07, 6.45) is 0. The van der Waals surface area contributed by atoms with E-state index in [9.17, 15) is 14.4 Å². The number of nitrogens with zero attached hydrogens (tertiary/aromatic N) is 1. The Morgan fingerprint density at radius 3 is 2.55 bits per heavy atom. The van der Waals surface area contributed by atoms with Crippen molar-refractivity contribution in [1.29, 1.82) is 0 Å². The van der Waals surface area contributed by atoms with E-state index < -0.39 is 23.7 Å². The molecule has 1 aromatic heterocycles. The van der Waals surface area contributed by atoms with Crippen molar-refractivity contribution in [3.63, 3.8) is 0 Å². The first-order chi connectivity index (χ1) is 14.1. The van der Waals surface area contributed by atoms with E-state index in [0.717, 1.165) is 30.8 Å². The maximum atomic E-state index is 13.2. The van der Waals surface area contributed by atoms with Crippen LogP contribution in [0.3, 0.4) is 0 Å². The maximum Gasteiger partial charge on any atom is 0.291 e. The SMILES string of the molecule is Cc1ccc(C2C(C(=O)c3cccs3)C(=O)C(=O)N2CC[NH+]2CCOCC2)cc1. The molecule has 0 spiro atoms. The fourth-order valence-electron chi connectivity index (χ4n) is 4.12. The molecule has 0 bridgehead atoms. The highest BCUT2D eigenvalue weighted by atomic mass is 32.1. The summed E-state index contributed by atoms with van der Waals surface area (Å²) in [5, 5.41) is 1.81. The van der Waals surface area contributed by atoms with Gasteiger partial charge in [0.2, 0.25) is 5.78 Å². The monoisotopic (exact) mass is 413 g/mol. The molecular weight excluding hydrogens is 388 g/mol. The third kappa shape index (κ3) is 4.03. The van der Waals surface area contributed by atoms with E-state index in [0.29, 0.717) is 24.6 Å². The van der Waals surface area contributed by atoms with E-state index in [4.69, 9.17) is 4.74 Å². The minimum atomic E-state index is -0.983. The number of quaternary nitrogens is 1. The first kappa shape index (κ1) is 19.9. The second-order valence-electron chi connectivity index (χ2n) is 7.65. The fourth-order valence-corrected chi connectivity index (χ4v) is 4.83. The highest BCUT2D eigenvalue weighted by molar-refractivity contribution is 7.12.